The molecule has 2 aromatic carbocycles. The number of nitrogens with zero attached hydrogens (tertiary/aromatic N) is 3. The molecule has 1 spiro atoms. The van der Waals surface area contributed by atoms with Crippen molar-refractivity contribution in [1.29, 1.82) is 0 Å². The third kappa shape index (κ3) is 3.86. The van der Waals surface area contributed by atoms with E-state index < -0.39 is 5.54 Å². The summed E-state index contributed by atoms with van der Waals surface area (Å²) in [5.41, 5.74) is 3.34. The number of rotatable bonds is 5. The lowest BCUT2D eigenvalue weighted by molar-refractivity contribution is -0.139. The van der Waals surface area contributed by atoms with Gasteiger partial charge in [-0.3, -0.25) is 14.5 Å². The van der Waals surface area contributed by atoms with Crippen molar-refractivity contribution in [3.05, 3.63) is 60.4 Å². The van der Waals surface area contributed by atoms with E-state index >= 15 is 0 Å². The Morgan fingerprint density at radius 1 is 1.05 bits per heavy atom. The Labute approximate surface area is 215 Å². The van der Waals surface area contributed by atoms with Crippen LogP contribution in [0.15, 0.2) is 64.2 Å². The molecule has 1 N–H and O–H groups in total. The molecule has 4 aliphatic heterocycles. The molecule has 190 valence electrons. The summed E-state index contributed by atoms with van der Waals surface area (Å²) in [6.45, 7) is 3.78. The van der Waals surface area contributed by atoms with E-state index in [1.54, 1.807) is 6.26 Å². The largest absolute Gasteiger partial charge is 0.464 e. The molecule has 0 aliphatic carbocycles. The molecule has 3 saturated heterocycles. The molecule has 0 saturated carbocycles. The number of furan rings is 1. The second-order valence-corrected chi connectivity index (χ2v) is 10.7. The summed E-state index contributed by atoms with van der Waals surface area (Å²) in [4.78, 5) is 35.1. The van der Waals surface area contributed by atoms with Crippen molar-refractivity contribution in [2.24, 2.45) is 10.9 Å². The lowest BCUT2D eigenvalue weighted by Gasteiger charge is -2.35. The van der Waals surface area contributed by atoms with Gasteiger partial charge in [-0.25, -0.2) is 4.99 Å². The van der Waals surface area contributed by atoms with E-state index in [9.17, 15) is 9.59 Å². The fourth-order valence-electron chi connectivity index (χ4n) is 6.01. The molecule has 8 nitrogen and oxygen atoms in total. The monoisotopic (exact) mass is 498 g/mol. The van der Waals surface area contributed by atoms with Crippen LogP contribution in [0, 0.1) is 5.92 Å². The van der Waals surface area contributed by atoms with Gasteiger partial charge in [0.15, 0.2) is 5.54 Å². The maximum absolute atomic E-state index is 13.6. The van der Waals surface area contributed by atoms with Gasteiger partial charge in [-0.1, -0.05) is 30.3 Å². The lowest BCUT2D eigenvalue weighted by Crippen LogP contribution is -2.63. The summed E-state index contributed by atoms with van der Waals surface area (Å²) < 4.78 is 11.1. The maximum Gasteiger partial charge on any atom is 0.258 e. The number of aliphatic imine (C=N–C) groups is 1. The Morgan fingerprint density at radius 3 is 2.62 bits per heavy atom. The molecule has 1 aromatic heterocycles. The van der Waals surface area contributed by atoms with Crippen LogP contribution in [0.25, 0.3) is 22.1 Å². The van der Waals surface area contributed by atoms with Crippen LogP contribution in [-0.2, 0) is 14.3 Å². The first-order valence-electron chi connectivity index (χ1n) is 13.2. The number of hydrogen-bond donors (Lipinski definition) is 1. The molecule has 3 fully saturated rings. The number of amidine groups is 1. The van der Waals surface area contributed by atoms with Crippen LogP contribution >= 0.6 is 0 Å². The summed E-state index contributed by atoms with van der Waals surface area (Å²) in [6, 6.07) is 16.4. The first-order valence-corrected chi connectivity index (χ1v) is 13.2. The van der Waals surface area contributed by atoms with E-state index in [1.807, 2.05) is 21.9 Å². The second kappa shape index (κ2) is 8.82. The average molecular weight is 499 g/mol. The Balaban J connectivity index is 1.11. The number of carbonyl (C=O) groups is 2. The minimum atomic E-state index is -0.688. The molecule has 2 atom stereocenters. The number of hydrogen-bond acceptors (Lipinski definition) is 6. The van der Waals surface area contributed by atoms with E-state index in [0.29, 0.717) is 32.8 Å². The van der Waals surface area contributed by atoms with Crippen LogP contribution in [-0.4, -0.2) is 78.4 Å². The Morgan fingerprint density at radius 2 is 1.86 bits per heavy atom. The van der Waals surface area contributed by atoms with E-state index in [-0.39, 0.29) is 23.8 Å². The zero-order chi connectivity index (χ0) is 25.0. The Hall–Kier alpha value is -3.49. The molecule has 0 radical (unpaired) electrons. The van der Waals surface area contributed by atoms with Gasteiger partial charge in [0.1, 0.15) is 17.5 Å². The van der Waals surface area contributed by atoms with E-state index in [2.05, 4.69) is 41.7 Å². The minimum Gasteiger partial charge on any atom is -0.464 e. The van der Waals surface area contributed by atoms with Crippen LogP contribution in [0.4, 0.5) is 0 Å². The fraction of sp³-hybridized carbons (Fsp3) is 0.414. The summed E-state index contributed by atoms with van der Waals surface area (Å²) in [5.74, 6) is 1.14. The van der Waals surface area contributed by atoms with Crippen molar-refractivity contribution in [3.8, 4) is 11.1 Å². The van der Waals surface area contributed by atoms with E-state index in [4.69, 9.17) is 14.1 Å². The molecular weight excluding hydrogens is 468 g/mol. The van der Waals surface area contributed by atoms with Crippen LogP contribution in [0.1, 0.15) is 24.8 Å². The number of fused-ring (bicyclic) bond motifs is 1. The van der Waals surface area contributed by atoms with Crippen LogP contribution in [0.5, 0.6) is 0 Å². The quantitative estimate of drug-likeness (QED) is 0.584. The van der Waals surface area contributed by atoms with E-state index in [0.717, 1.165) is 59.3 Å². The minimum absolute atomic E-state index is 0.0691. The summed E-state index contributed by atoms with van der Waals surface area (Å²) >= 11 is 0. The third-order valence-corrected chi connectivity index (χ3v) is 8.23. The Bertz CT molecular complexity index is 1380. The van der Waals surface area contributed by atoms with Crippen LogP contribution < -0.4 is 5.32 Å². The summed E-state index contributed by atoms with van der Waals surface area (Å²) in [5, 5.41) is 4.30. The highest BCUT2D eigenvalue weighted by atomic mass is 16.5. The molecule has 0 bridgehead atoms. The first-order chi connectivity index (χ1) is 18.1. The van der Waals surface area contributed by atoms with Gasteiger partial charge in [0.2, 0.25) is 0 Å². The molecule has 2 amide bonds. The highest BCUT2D eigenvalue weighted by molar-refractivity contribution is 6.16. The molecule has 37 heavy (non-hydrogen) atoms. The number of ether oxygens (including phenoxy) is 1. The average Bonchev–Trinajstić information content (AvgIpc) is 3.70. The maximum atomic E-state index is 13.6. The number of nitrogens with one attached hydrogen (secondary N) is 1. The van der Waals surface area contributed by atoms with Crippen molar-refractivity contribution in [2.75, 3.05) is 39.3 Å². The molecule has 4 aliphatic rings. The van der Waals surface area contributed by atoms with Crippen molar-refractivity contribution in [3.63, 3.8) is 0 Å². The predicted molar refractivity (Wildman–Crippen MR) is 139 cm³/mol. The molecule has 5 heterocycles. The van der Waals surface area contributed by atoms with Gasteiger partial charge in [-0.15, -0.1) is 0 Å². The molecular formula is C29H30N4O4. The molecule has 7 rings (SSSR count). The number of carbonyl (C=O) groups excluding carboxylic acids is 2. The van der Waals surface area contributed by atoms with Gasteiger partial charge >= 0.3 is 0 Å². The number of benzene rings is 2. The fourth-order valence-corrected chi connectivity index (χ4v) is 6.01. The normalized spacial score (nSPS) is 24.8. The van der Waals surface area contributed by atoms with Gasteiger partial charge in [0.05, 0.1) is 6.26 Å². The van der Waals surface area contributed by atoms with E-state index in [1.165, 1.54) is 0 Å². The van der Waals surface area contributed by atoms with Gasteiger partial charge in [-0.2, -0.15) is 0 Å². The third-order valence-electron chi connectivity index (χ3n) is 8.23. The predicted octanol–water partition coefficient (Wildman–Crippen LogP) is 3.06. The molecule has 8 heteroatoms. The summed E-state index contributed by atoms with van der Waals surface area (Å²) in [6.07, 6.45) is 4.05. The topological polar surface area (TPSA) is 87.4 Å². The zero-order valence-electron chi connectivity index (χ0n) is 20.7. The number of likely N-dealkylation sites (tertiary alicyclic amines) is 1. The highest BCUT2D eigenvalue weighted by Crippen LogP contribution is 2.33. The van der Waals surface area contributed by atoms with Crippen LogP contribution in [0.2, 0.25) is 0 Å². The van der Waals surface area contributed by atoms with Crippen molar-refractivity contribution < 1.29 is 18.7 Å². The first kappa shape index (κ1) is 22.7. The zero-order valence-corrected chi connectivity index (χ0v) is 20.7. The van der Waals surface area contributed by atoms with Crippen molar-refractivity contribution in [1.82, 2.24) is 15.1 Å². The van der Waals surface area contributed by atoms with Gasteiger partial charge in [-0.05, 0) is 54.5 Å². The van der Waals surface area contributed by atoms with Crippen molar-refractivity contribution >= 4 is 28.6 Å². The van der Waals surface area contributed by atoms with Gasteiger partial charge in [0, 0.05) is 50.3 Å². The summed E-state index contributed by atoms with van der Waals surface area (Å²) in [7, 11) is 0. The van der Waals surface area contributed by atoms with Crippen molar-refractivity contribution in [2.45, 2.75) is 30.9 Å². The molecule has 3 aromatic rings. The smallest absolute Gasteiger partial charge is 0.258 e. The lowest BCUT2D eigenvalue weighted by atomic mass is 9.92. The standard InChI is InChI=1S/C29H30N4O4/c34-27(25-2-1-12-36-25)32-11-9-19(15-32)16-33-26(31-29(28(33)35)17-30-18-29)21-5-3-20(4-6-21)22-7-8-24-23(14-22)10-13-37-24/h3-8,10,13-14,19,25,30H,1-2,9,11-12,15-18H2/t19-,25-/m1/s1. The second-order valence-electron chi connectivity index (χ2n) is 10.7. The van der Waals surface area contributed by atoms with Gasteiger partial charge < -0.3 is 19.4 Å². The molecule has 0 unspecified atom stereocenters. The van der Waals surface area contributed by atoms with Gasteiger partial charge in [0.25, 0.3) is 11.8 Å². The van der Waals surface area contributed by atoms with Crippen LogP contribution in [0.3, 0.4) is 0 Å². The SMILES string of the molecule is O=C([C@H]1CCCO1)N1CC[C@@H](CN2C(=O)C3(CNC3)N=C2c2ccc(-c3ccc4occc4c3)cc2)C1. The number of amides is 2. The Kier molecular flexibility index (Phi) is 5.41. The highest BCUT2D eigenvalue weighted by Gasteiger charge is 2.53.